The summed E-state index contributed by atoms with van der Waals surface area (Å²) in [5.41, 5.74) is 2.19. The lowest BCUT2D eigenvalue weighted by Crippen LogP contribution is -2.13. The fourth-order valence-electron chi connectivity index (χ4n) is 3.94. The fourth-order valence-corrected chi connectivity index (χ4v) is 3.94. The number of ether oxygens (including phenoxy) is 3. The van der Waals surface area contributed by atoms with Crippen LogP contribution >= 0.6 is 0 Å². The van der Waals surface area contributed by atoms with Crippen LogP contribution in [0.15, 0.2) is 36.4 Å². The molecular weight excluding hydrogens is 446 g/mol. The highest BCUT2D eigenvalue weighted by Gasteiger charge is 2.22. The molecule has 0 bridgehead atoms. The SMILES string of the molecule is COCCOc1cc(F)c(Cn2nc(-c3nc(O)c4c(n3)CCOC4)c3ccccc32)c(F)c1. The van der Waals surface area contributed by atoms with Crippen molar-refractivity contribution in [1.29, 1.82) is 0 Å². The van der Waals surface area contributed by atoms with E-state index in [0.717, 1.165) is 12.1 Å². The van der Waals surface area contributed by atoms with Gasteiger partial charge in [-0.15, -0.1) is 0 Å². The summed E-state index contributed by atoms with van der Waals surface area (Å²) in [6.45, 7) is 1.09. The Bertz CT molecular complexity index is 1340. The Morgan fingerprint density at radius 2 is 1.91 bits per heavy atom. The molecule has 1 aliphatic rings. The molecule has 4 aromatic rings. The molecule has 0 saturated carbocycles. The molecule has 2 aromatic carbocycles. The highest BCUT2D eigenvalue weighted by Crippen LogP contribution is 2.31. The van der Waals surface area contributed by atoms with Crippen LogP contribution < -0.4 is 4.74 Å². The molecule has 0 amide bonds. The van der Waals surface area contributed by atoms with E-state index in [4.69, 9.17) is 14.2 Å². The monoisotopic (exact) mass is 468 g/mol. The number of rotatable bonds is 7. The molecule has 2 aromatic heterocycles. The lowest BCUT2D eigenvalue weighted by molar-refractivity contribution is 0.106. The first-order valence-electron chi connectivity index (χ1n) is 10.8. The van der Waals surface area contributed by atoms with E-state index in [1.54, 1.807) is 6.07 Å². The van der Waals surface area contributed by atoms with E-state index in [2.05, 4.69) is 15.1 Å². The van der Waals surface area contributed by atoms with Gasteiger partial charge in [0.15, 0.2) is 5.82 Å². The number of benzene rings is 2. The van der Waals surface area contributed by atoms with Crippen molar-refractivity contribution >= 4 is 10.9 Å². The number of aromatic hydroxyl groups is 1. The standard InChI is InChI=1S/C24H22F2N4O4/c1-32-8-9-34-14-10-18(25)16(19(26)11-14)12-30-21-5-3-2-4-15(21)22(29-30)23-27-20-6-7-33-13-17(20)24(31)28-23/h2-5,10-11H,6-9,12-13H2,1H3,(H,27,28,31). The van der Waals surface area contributed by atoms with Crippen LogP contribution in [0.1, 0.15) is 16.8 Å². The molecule has 34 heavy (non-hydrogen) atoms. The average molecular weight is 468 g/mol. The molecule has 176 valence electrons. The molecule has 0 fully saturated rings. The van der Waals surface area contributed by atoms with E-state index in [9.17, 15) is 13.9 Å². The Kier molecular flexibility index (Phi) is 6.08. The number of halogens is 2. The molecule has 3 heterocycles. The summed E-state index contributed by atoms with van der Waals surface area (Å²) in [7, 11) is 1.52. The predicted octanol–water partition coefficient (Wildman–Crippen LogP) is 3.62. The molecule has 0 atom stereocenters. The van der Waals surface area contributed by atoms with Gasteiger partial charge in [-0.2, -0.15) is 10.1 Å². The van der Waals surface area contributed by atoms with Gasteiger partial charge in [-0.25, -0.2) is 13.8 Å². The molecule has 0 saturated heterocycles. The third-order valence-corrected chi connectivity index (χ3v) is 5.65. The van der Waals surface area contributed by atoms with Crippen molar-refractivity contribution in [3.8, 4) is 23.1 Å². The largest absolute Gasteiger partial charge is 0.493 e. The minimum absolute atomic E-state index is 0.0868. The molecule has 0 aliphatic carbocycles. The first-order chi connectivity index (χ1) is 16.5. The second-order valence-electron chi connectivity index (χ2n) is 7.83. The number of fused-ring (bicyclic) bond motifs is 2. The van der Waals surface area contributed by atoms with Crippen LogP contribution in [0.4, 0.5) is 8.78 Å². The second kappa shape index (κ2) is 9.32. The number of aromatic nitrogens is 4. The van der Waals surface area contributed by atoms with Crippen LogP contribution in [0, 0.1) is 11.6 Å². The van der Waals surface area contributed by atoms with Crippen molar-refractivity contribution in [2.24, 2.45) is 0 Å². The zero-order chi connectivity index (χ0) is 23.7. The Morgan fingerprint density at radius 1 is 1.12 bits per heavy atom. The molecule has 0 spiro atoms. The minimum Gasteiger partial charge on any atom is -0.493 e. The number of hydrogen-bond acceptors (Lipinski definition) is 7. The second-order valence-corrected chi connectivity index (χ2v) is 7.83. The first-order valence-corrected chi connectivity index (χ1v) is 10.8. The van der Waals surface area contributed by atoms with E-state index < -0.39 is 11.6 Å². The maximum Gasteiger partial charge on any atom is 0.220 e. The topological polar surface area (TPSA) is 91.5 Å². The van der Waals surface area contributed by atoms with Crippen molar-refractivity contribution in [2.45, 2.75) is 19.6 Å². The number of nitrogens with zero attached hydrogens (tertiary/aromatic N) is 4. The van der Waals surface area contributed by atoms with Crippen molar-refractivity contribution in [2.75, 3.05) is 26.9 Å². The van der Waals surface area contributed by atoms with Gasteiger partial charge in [0.2, 0.25) is 5.88 Å². The first kappa shape index (κ1) is 22.2. The summed E-state index contributed by atoms with van der Waals surface area (Å²) in [5, 5.41) is 15.7. The zero-order valence-electron chi connectivity index (χ0n) is 18.4. The van der Waals surface area contributed by atoms with Gasteiger partial charge in [0, 0.05) is 36.6 Å². The predicted molar refractivity (Wildman–Crippen MR) is 119 cm³/mol. The summed E-state index contributed by atoms with van der Waals surface area (Å²) in [6.07, 6.45) is 0.548. The highest BCUT2D eigenvalue weighted by atomic mass is 19.1. The Labute approximate surface area is 193 Å². The van der Waals surface area contributed by atoms with Gasteiger partial charge in [0.25, 0.3) is 0 Å². The van der Waals surface area contributed by atoms with E-state index in [-0.39, 0.29) is 42.8 Å². The van der Waals surface area contributed by atoms with E-state index in [1.807, 2.05) is 18.2 Å². The van der Waals surface area contributed by atoms with Crippen molar-refractivity contribution in [3.63, 3.8) is 0 Å². The number of hydrogen-bond donors (Lipinski definition) is 1. The molecule has 0 unspecified atom stereocenters. The normalized spacial score (nSPS) is 13.3. The quantitative estimate of drug-likeness (QED) is 0.414. The summed E-state index contributed by atoms with van der Waals surface area (Å²) in [4.78, 5) is 8.82. The molecule has 10 heteroatoms. The van der Waals surface area contributed by atoms with Crippen LogP contribution in [0.3, 0.4) is 0 Å². The molecule has 1 N–H and O–H groups in total. The van der Waals surface area contributed by atoms with Gasteiger partial charge in [0.05, 0.1) is 43.1 Å². The van der Waals surface area contributed by atoms with E-state index >= 15 is 0 Å². The van der Waals surface area contributed by atoms with Crippen LogP contribution in [-0.2, 0) is 29.0 Å². The van der Waals surface area contributed by atoms with Crippen LogP contribution in [0.2, 0.25) is 0 Å². The fraction of sp³-hybridized carbons (Fsp3) is 0.292. The maximum absolute atomic E-state index is 14.8. The molecule has 0 radical (unpaired) electrons. The molecule has 5 rings (SSSR count). The van der Waals surface area contributed by atoms with Gasteiger partial charge in [-0.3, -0.25) is 4.68 Å². The van der Waals surface area contributed by atoms with Crippen LogP contribution in [0.25, 0.3) is 22.4 Å². The summed E-state index contributed by atoms with van der Waals surface area (Å²) >= 11 is 0. The Morgan fingerprint density at radius 3 is 2.71 bits per heavy atom. The van der Waals surface area contributed by atoms with Crippen LogP contribution in [0.5, 0.6) is 11.6 Å². The van der Waals surface area contributed by atoms with Gasteiger partial charge in [-0.1, -0.05) is 18.2 Å². The maximum atomic E-state index is 14.8. The molecular formula is C24H22F2N4O4. The number of methoxy groups -OCH3 is 1. The van der Waals surface area contributed by atoms with Gasteiger partial charge < -0.3 is 19.3 Å². The van der Waals surface area contributed by atoms with Gasteiger partial charge in [0.1, 0.15) is 29.7 Å². The Hall–Kier alpha value is -3.63. The lowest BCUT2D eigenvalue weighted by Gasteiger charge is -2.16. The summed E-state index contributed by atoms with van der Waals surface area (Å²) in [6, 6.07) is 9.57. The molecule has 8 nitrogen and oxygen atoms in total. The third kappa shape index (κ3) is 4.17. The average Bonchev–Trinajstić information content (AvgIpc) is 3.20. The van der Waals surface area contributed by atoms with Crippen LogP contribution in [-0.4, -0.2) is 51.8 Å². The molecule has 1 aliphatic heterocycles. The number of para-hydroxylation sites is 1. The zero-order valence-corrected chi connectivity index (χ0v) is 18.4. The van der Waals surface area contributed by atoms with Gasteiger partial charge in [-0.05, 0) is 6.07 Å². The van der Waals surface area contributed by atoms with Gasteiger partial charge >= 0.3 is 0 Å². The van der Waals surface area contributed by atoms with E-state index in [0.29, 0.717) is 47.5 Å². The smallest absolute Gasteiger partial charge is 0.220 e. The van der Waals surface area contributed by atoms with Crippen molar-refractivity contribution in [3.05, 3.63) is 64.9 Å². The summed E-state index contributed by atoms with van der Waals surface area (Å²) < 4.78 is 46.7. The van der Waals surface area contributed by atoms with Crippen molar-refractivity contribution in [1.82, 2.24) is 19.7 Å². The van der Waals surface area contributed by atoms with Crippen molar-refractivity contribution < 1.29 is 28.1 Å². The van der Waals surface area contributed by atoms with E-state index in [1.165, 1.54) is 11.8 Å². The summed E-state index contributed by atoms with van der Waals surface area (Å²) in [5.74, 6) is -1.30. The Balaban J connectivity index is 1.53. The highest BCUT2D eigenvalue weighted by molar-refractivity contribution is 5.91. The third-order valence-electron chi connectivity index (χ3n) is 5.65. The minimum atomic E-state index is -0.740. The lowest BCUT2D eigenvalue weighted by atomic mass is 10.1.